The Hall–Kier alpha value is -0.870. The Morgan fingerprint density at radius 2 is 1.00 bits per heavy atom. The summed E-state index contributed by atoms with van der Waals surface area (Å²) in [6, 6.07) is 0. The van der Waals surface area contributed by atoms with E-state index in [2.05, 4.69) is 19.2 Å². The van der Waals surface area contributed by atoms with Crippen LogP contribution in [0.1, 0.15) is 181 Å². The number of hydrogen-bond acceptors (Lipinski definition) is 3. The Labute approximate surface area is 244 Å². The van der Waals surface area contributed by atoms with Gasteiger partial charge in [0.05, 0.1) is 12.7 Å². The van der Waals surface area contributed by atoms with Gasteiger partial charge in [0, 0.05) is 18.9 Å². The Morgan fingerprint density at radius 1 is 0.615 bits per heavy atom. The smallest absolute Gasteiger partial charge is 0.220 e. The molecule has 0 aliphatic heterocycles. The molecule has 232 valence electrons. The number of hydrogen-bond donors (Lipinski definition) is 3. The quantitative estimate of drug-likeness (QED) is 0.0593. The molecule has 0 radical (unpaired) electrons. The van der Waals surface area contributed by atoms with E-state index in [-0.39, 0.29) is 18.4 Å². The molecule has 1 amide bonds. The van der Waals surface area contributed by atoms with Gasteiger partial charge in [0.2, 0.25) is 5.91 Å². The maximum Gasteiger partial charge on any atom is 0.220 e. The fourth-order valence-electron chi connectivity index (χ4n) is 5.25. The zero-order chi connectivity index (χ0) is 28.7. The van der Waals surface area contributed by atoms with E-state index < -0.39 is 6.10 Å². The predicted octanol–water partition coefficient (Wildman–Crippen LogP) is 9.81. The van der Waals surface area contributed by atoms with E-state index in [0.717, 1.165) is 25.7 Å². The summed E-state index contributed by atoms with van der Waals surface area (Å²) >= 11 is 0. The van der Waals surface area contributed by atoms with Gasteiger partial charge in [-0.05, 0) is 19.3 Å². The molecule has 39 heavy (non-hydrogen) atoms. The minimum atomic E-state index is -0.709. The molecule has 4 nitrogen and oxygen atoms in total. The first-order chi connectivity index (χ1) is 19.2. The van der Waals surface area contributed by atoms with Gasteiger partial charge in [-0.2, -0.15) is 0 Å². The van der Waals surface area contributed by atoms with Crippen LogP contribution in [0.3, 0.4) is 0 Å². The summed E-state index contributed by atoms with van der Waals surface area (Å²) in [6.07, 6.45) is 36.2. The summed E-state index contributed by atoms with van der Waals surface area (Å²) in [5.41, 5.74) is 0. The summed E-state index contributed by atoms with van der Waals surface area (Å²) in [4.78, 5) is 12.2. The lowest BCUT2D eigenvalue weighted by atomic mass is 10.0. The molecule has 0 spiro atoms. The van der Waals surface area contributed by atoms with Crippen molar-refractivity contribution in [3.8, 4) is 0 Å². The number of aliphatic hydroxyl groups is 2. The molecule has 0 saturated carbocycles. The summed E-state index contributed by atoms with van der Waals surface area (Å²) in [5.74, 6) is -0.303. The van der Waals surface area contributed by atoms with Crippen LogP contribution in [0.4, 0.5) is 0 Å². The van der Waals surface area contributed by atoms with E-state index in [9.17, 15) is 15.0 Å². The van der Waals surface area contributed by atoms with Gasteiger partial charge >= 0.3 is 0 Å². The van der Waals surface area contributed by atoms with Crippen molar-refractivity contribution in [1.29, 1.82) is 0 Å². The highest BCUT2D eigenvalue weighted by molar-refractivity contribution is 5.75. The Morgan fingerprint density at radius 3 is 1.41 bits per heavy atom. The molecule has 0 aromatic heterocycles. The van der Waals surface area contributed by atoms with Gasteiger partial charge in [0.25, 0.3) is 0 Å². The van der Waals surface area contributed by atoms with Gasteiger partial charge in [0.1, 0.15) is 0 Å². The third-order valence-corrected chi connectivity index (χ3v) is 8.09. The maximum absolute atomic E-state index is 12.2. The van der Waals surface area contributed by atoms with Gasteiger partial charge < -0.3 is 15.5 Å². The topological polar surface area (TPSA) is 69.6 Å². The lowest BCUT2D eigenvalue weighted by molar-refractivity contribution is -0.121. The van der Waals surface area contributed by atoms with Crippen LogP contribution in [0.15, 0.2) is 12.2 Å². The number of rotatable bonds is 31. The second-order valence-corrected chi connectivity index (χ2v) is 12.0. The standard InChI is InChI=1S/C35H69NO3/c1-3-5-7-9-11-13-15-17-19-21-23-25-27-29-34(38)33(32-37)31-36-35(39)30-28-26-24-22-20-18-16-14-12-10-8-6-4-2/h27,29,33-34,37-38H,3-26,28,30-32H2,1-2H3,(H,36,39)/b29-27-/t33-,34+/m0/s1. The normalized spacial score (nSPS) is 13.2. The van der Waals surface area contributed by atoms with Crippen molar-refractivity contribution in [2.45, 2.75) is 187 Å². The largest absolute Gasteiger partial charge is 0.396 e. The maximum atomic E-state index is 12.2. The number of aliphatic hydroxyl groups excluding tert-OH is 2. The highest BCUT2D eigenvalue weighted by atomic mass is 16.3. The molecule has 0 aromatic carbocycles. The number of nitrogens with one attached hydrogen (secondary N) is 1. The highest BCUT2D eigenvalue weighted by Crippen LogP contribution is 2.14. The van der Waals surface area contributed by atoms with Gasteiger partial charge in [-0.25, -0.2) is 0 Å². The Balaban J connectivity index is 3.61. The minimum absolute atomic E-state index is 0.0358. The van der Waals surface area contributed by atoms with Crippen molar-refractivity contribution in [2.24, 2.45) is 5.92 Å². The van der Waals surface area contributed by atoms with Crippen LogP contribution in [-0.2, 0) is 4.79 Å². The lowest BCUT2D eigenvalue weighted by Gasteiger charge is -2.18. The van der Waals surface area contributed by atoms with Crippen molar-refractivity contribution in [3.05, 3.63) is 12.2 Å². The van der Waals surface area contributed by atoms with Crippen LogP contribution in [0.2, 0.25) is 0 Å². The third kappa shape index (κ3) is 28.5. The van der Waals surface area contributed by atoms with Crippen molar-refractivity contribution >= 4 is 5.91 Å². The van der Waals surface area contributed by atoms with E-state index in [1.807, 2.05) is 6.08 Å². The van der Waals surface area contributed by atoms with E-state index in [0.29, 0.717) is 13.0 Å². The van der Waals surface area contributed by atoms with Crippen LogP contribution in [-0.4, -0.2) is 35.4 Å². The van der Waals surface area contributed by atoms with E-state index in [1.54, 1.807) is 6.08 Å². The second-order valence-electron chi connectivity index (χ2n) is 12.0. The number of carbonyl (C=O) groups excluding carboxylic acids is 1. The highest BCUT2D eigenvalue weighted by Gasteiger charge is 2.16. The van der Waals surface area contributed by atoms with Gasteiger partial charge in [-0.15, -0.1) is 0 Å². The predicted molar refractivity (Wildman–Crippen MR) is 170 cm³/mol. The molecule has 0 aliphatic rings. The van der Waals surface area contributed by atoms with Crippen molar-refractivity contribution in [2.75, 3.05) is 13.2 Å². The molecule has 0 unspecified atom stereocenters. The molecule has 2 atom stereocenters. The van der Waals surface area contributed by atoms with Gasteiger partial charge in [-0.1, -0.05) is 167 Å². The zero-order valence-electron chi connectivity index (χ0n) is 26.4. The average molecular weight is 552 g/mol. The Bertz CT molecular complexity index is 522. The fourth-order valence-corrected chi connectivity index (χ4v) is 5.25. The molecule has 0 rings (SSSR count). The first kappa shape index (κ1) is 38.1. The molecule has 0 saturated heterocycles. The molecular formula is C35H69NO3. The van der Waals surface area contributed by atoms with E-state index in [4.69, 9.17) is 0 Å². The Kier molecular flexibility index (Phi) is 30.9. The summed E-state index contributed by atoms with van der Waals surface area (Å²) in [5, 5.41) is 23.0. The molecule has 0 heterocycles. The zero-order valence-corrected chi connectivity index (χ0v) is 26.4. The van der Waals surface area contributed by atoms with Crippen LogP contribution < -0.4 is 5.32 Å². The van der Waals surface area contributed by atoms with Gasteiger partial charge in [-0.3, -0.25) is 4.79 Å². The van der Waals surface area contributed by atoms with Crippen molar-refractivity contribution < 1.29 is 15.0 Å². The van der Waals surface area contributed by atoms with E-state index >= 15 is 0 Å². The molecular weight excluding hydrogens is 482 g/mol. The van der Waals surface area contributed by atoms with Gasteiger partial charge in [0.15, 0.2) is 0 Å². The number of allylic oxidation sites excluding steroid dienone is 1. The first-order valence-electron chi connectivity index (χ1n) is 17.4. The van der Waals surface area contributed by atoms with Crippen LogP contribution in [0.5, 0.6) is 0 Å². The molecule has 0 aliphatic carbocycles. The number of unbranched alkanes of at least 4 members (excludes halogenated alkanes) is 23. The summed E-state index contributed by atoms with van der Waals surface area (Å²) in [7, 11) is 0. The SMILES string of the molecule is CCCCCCCCCCCCC/C=C\[C@@H](O)[C@H](CO)CNC(=O)CCCCCCCCCCCCCCC. The molecule has 3 N–H and O–H groups in total. The molecule has 0 bridgehead atoms. The molecule has 0 fully saturated rings. The lowest BCUT2D eigenvalue weighted by Crippen LogP contribution is -2.36. The number of carbonyl (C=O) groups is 1. The number of amides is 1. The summed E-state index contributed by atoms with van der Waals surface area (Å²) in [6.45, 7) is 4.74. The van der Waals surface area contributed by atoms with Crippen molar-refractivity contribution in [1.82, 2.24) is 5.32 Å². The monoisotopic (exact) mass is 552 g/mol. The van der Waals surface area contributed by atoms with E-state index in [1.165, 1.54) is 135 Å². The first-order valence-corrected chi connectivity index (χ1v) is 17.4. The van der Waals surface area contributed by atoms with Crippen LogP contribution in [0, 0.1) is 5.92 Å². The third-order valence-electron chi connectivity index (χ3n) is 8.09. The average Bonchev–Trinajstić information content (AvgIpc) is 2.94. The molecule has 0 aromatic rings. The summed E-state index contributed by atoms with van der Waals surface area (Å²) < 4.78 is 0. The fraction of sp³-hybridized carbons (Fsp3) is 0.914. The van der Waals surface area contributed by atoms with Crippen molar-refractivity contribution in [3.63, 3.8) is 0 Å². The second kappa shape index (κ2) is 31.7. The molecule has 4 heteroatoms. The van der Waals surface area contributed by atoms with Crippen LogP contribution in [0.25, 0.3) is 0 Å². The van der Waals surface area contributed by atoms with Crippen LogP contribution >= 0.6 is 0 Å². The minimum Gasteiger partial charge on any atom is -0.396 e.